The number of nitrogens with zero attached hydrogens (tertiary/aromatic N) is 2. The number of amides is 1. The van der Waals surface area contributed by atoms with E-state index in [4.69, 9.17) is 11.6 Å². The van der Waals surface area contributed by atoms with Crippen LogP contribution in [0.25, 0.3) is 0 Å². The van der Waals surface area contributed by atoms with Gasteiger partial charge in [-0.1, -0.05) is 11.6 Å². The third-order valence-corrected chi connectivity index (χ3v) is 3.81. The van der Waals surface area contributed by atoms with Crippen LogP contribution in [0, 0.1) is 0 Å². The molecule has 1 aliphatic heterocycles. The standard InChI is InChI=1S/C14H17ClF3N3O/c1-20-4-6-21(7-5-20)13(22)9-19-12-3-2-10(15)8-11(12)14(16,17)18/h2-3,8,19H,4-7,9H2,1H3. The van der Waals surface area contributed by atoms with Crippen LogP contribution >= 0.6 is 11.6 Å². The van der Waals surface area contributed by atoms with E-state index in [1.165, 1.54) is 12.1 Å². The highest BCUT2D eigenvalue weighted by atomic mass is 35.5. The van der Waals surface area contributed by atoms with Gasteiger partial charge in [0.1, 0.15) is 0 Å². The molecule has 22 heavy (non-hydrogen) atoms. The van der Waals surface area contributed by atoms with Crippen LogP contribution in [0.4, 0.5) is 18.9 Å². The van der Waals surface area contributed by atoms with Crippen molar-refractivity contribution in [3.63, 3.8) is 0 Å². The number of piperazine rings is 1. The van der Waals surface area contributed by atoms with Crippen LogP contribution in [-0.4, -0.2) is 55.5 Å². The van der Waals surface area contributed by atoms with E-state index in [1.54, 1.807) is 4.90 Å². The van der Waals surface area contributed by atoms with Crippen LogP contribution in [0.1, 0.15) is 5.56 Å². The minimum Gasteiger partial charge on any atom is -0.376 e. The average molecular weight is 336 g/mol. The molecule has 8 heteroatoms. The van der Waals surface area contributed by atoms with Crippen LogP contribution in [-0.2, 0) is 11.0 Å². The zero-order chi connectivity index (χ0) is 16.3. The Kier molecular flexibility index (Phi) is 5.18. The van der Waals surface area contributed by atoms with Crippen molar-refractivity contribution in [1.29, 1.82) is 0 Å². The van der Waals surface area contributed by atoms with Crippen molar-refractivity contribution >= 4 is 23.2 Å². The summed E-state index contributed by atoms with van der Waals surface area (Å²) >= 11 is 5.61. The lowest BCUT2D eigenvalue weighted by Gasteiger charge is -2.32. The summed E-state index contributed by atoms with van der Waals surface area (Å²) in [6.07, 6.45) is -4.52. The Hall–Kier alpha value is -1.47. The van der Waals surface area contributed by atoms with E-state index in [9.17, 15) is 18.0 Å². The van der Waals surface area contributed by atoms with Gasteiger partial charge >= 0.3 is 6.18 Å². The second-order valence-corrected chi connectivity index (χ2v) is 5.66. The summed E-state index contributed by atoms with van der Waals surface area (Å²) in [6, 6.07) is 3.45. The van der Waals surface area contributed by atoms with E-state index in [0.29, 0.717) is 13.1 Å². The molecular formula is C14H17ClF3N3O. The minimum atomic E-state index is -4.52. The zero-order valence-electron chi connectivity index (χ0n) is 12.1. The molecule has 1 aliphatic rings. The molecule has 122 valence electrons. The molecule has 2 rings (SSSR count). The number of halogens is 4. The Bertz CT molecular complexity index is 543. The first-order valence-electron chi connectivity index (χ1n) is 6.84. The molecular weight excluding hydrogens is 319 g/mol. The smallest absolute Gasteiger partial charge is 0.376 e. The highest BCUT2D eigenvalue weighted by Gasteiger charge is 2.34. The molecule has 0 saturated carbocycles. The minimum absolute atomic E-state index is 0.00303. The number of rotatable bonds is 3. The predicted molar refractivity (Wildman–Crippen MR) is 79.0 cm³/mol. The van der Waals surface area contributed by atoms with Gasteiger partial charge in [0.25, 0.3) is 0 Å². The lowest BCUT2D eigenvalue weighted by molar-refractivity contribution is -0.137. The number of carbonyl (C=O) groups excluding carboxylic acids is 1. The number of nitrogens with one attached hydrogen (secondary N) is 1. The van der Waals surface area contributed by atoms with Gasteiger partial charge in [-0.25, -0.2) is 0 Å². The number of likely N-dealkylation sites (N-methyl/N-ethyl adjacent to an activating group) is 1. The van der Waals surface area contributed by atoms with Gasteiger partial charge in [0.2, 0.25) is 5.91 Å². The summed E-state index contributed by atoms with van der Waals surface area (Å²) in [5.74, 6) is -0.212. The summed E-state index contributed by atoms with van der Waals surface area (Å²) in [5.41, 5.74) is -1.01. The van der Waals surface area contributed by atoms with Gasteiger partial charge < -0.3 is 15.1 Å². The fraction of sp³-hybridized carbons (Fsp3) is 0.500. The maximum absolute atomic E-state index is 13.0. The number of anilines is 1. The van der Waals surface area contributed by atoms with Gasteiger partial charge in [-0.05, 0) is 25.2 Å². The highest BCUT2D eigenvalue weighted by molar-refractivity contribution is 6.30. The number of benzene rings is 1. The van der Waals surface area contributed by atoms with Crippen LogP contribution in [0.15, 0.2) is 18.2 Å². The van der Waals surface area contributed by atoms with Gasteiger partial charge in [0, 0.05) is 36.9 Å². The van der Waals surface area contributed by atoms with E-state index in [-0.39, 0.29) is 23.2 Å². The first-order chi connectivity index (χ1) is 10.3. The topological polar surface area (TPSA) is 35.6 Å². The average Bonchev–Trinajstić information content (AvgIpc) is 2.45. The second-order valence-electron chi connectivity index (χ2n) is 5.23. The van der Waals surface area contributed by atoms with Crippen molar-refractivity contribution in [3.05, 3.63) is 28.8 Å². The van der Waals surface area contributed by atoms with E-state index in [1.807, 2.05) is 7.05 Å². The molecule has 0 unspecified atom stereocenters. The van der Waals surface area contributed by atoms with Gasteiger partial charge in [-0.15, -0.1) is 0 Å². The molecule has 1 aromatic carbocycles. The fourth-order valence-corrected chi connectivity index (χ4v) is 2.42. The zero-order valence-corrected chi connectivity index (χ0v) is 12.8. The van der Waals surface area contributed by atoms with Gasteiger partial charge in [0.05, 0.1) is 12.1 Å². The fourth-order valence-electron chi connectivity index (χ4n) is 2.24. The summed E-state index contributed by atoms with van der Waals surface area (Å²) in [7, 11) is 1.96. The van der Waals surface area contributed by atoms with Crippen molar-refractivity contribution in [3.8, 4) is 0 Å². The Morgan fingerprint density at radius 1 is 1.27 bits per heavy atom. The SMILES string of the molecule is CN1CCN(C(=O)CNc2ccc(Cl)cc2C(F)(F)F)CC1. The van der Waals surface area contributed by atoms with Crippen LogP contribution in [0.5, 0.6) is 0 Å². The molecule has 1 fully saturated rings. The van der Waals surface area contributed by atoms with Gasteiger partial charge in [-0.3, -0.25) is 4.79 Å². The Morgan fingerprint density at radius 2 is 1.91 bits per heavy atom. The summed E-state index contributed by atoms with van der Waals surface area (Å²) in [5, 5.41) is 2.57. The molecule has 0 spiro atoms. The quantitative estimate of drug-likeness (QED) is 0.922. The summed E-state index contributed by atoms with van der Waals surface area (Å²) in [6.45, 7) is 2.53. The Labute approximate surface area is 131 Å². The molecule has 4 nitrogen and oxygen atoms in total. The molecule has 0 bridgehead atoms. The van der Waals surface area contributed by atoms with Gasteiger partial charge in [-0.2, -0.15) is 13.2 Å². The number of hydrogen-bond donors (Lipinski definition) is 1. The van der Waals surface area contributed by atoms with Crippen LogP contribution in [0.2, 0.25) is 5.02 Å². The molecule has 1 saturated heterocycles. The third-order valence-electron chi connectivity index (χ3n) is 3.57. The van der Waals surface area contributed by atoms with Gasteiger partial charge in [0.15, 0.2) is 0 Å². The Morgan fingerprint density at radius 3 is 2.50 bits per heavy atom. The molecule has 1 heterocycles. The van der Waals surface area contributed by atoms with E-state index in [0.717, 1.165) is 19.2 Å². The maximum Gasteiger partial charge on any atom is 0.418 e. The summed E-state index contributed by atoms with van der Waals surface area (Å²) < 4.78 is 38.9. The maximum atomic E-state index is 13.0. The predicted octanol–water partition coefficient (Wildman–Crippen LogP) is 2.54. The number of alkyl halides is 3. The van der Waals surface area contributed by atoms with E-state index >= 15 is 0 Å². The molecule has 0 radical (unpaired) electrons. The number of hydrogen-bond acceptors (Lipinski definition) is 3. The van der Waals surface area contributed by atoms with Crippen LogP contribution in [0.3, 0.4) is 0 Å². The second kappa shape index (κ2) is 6.75. The highest BCUT2D eigenvalue weighted by Crippen LogP contribution is 2.36. The van der Waals surface area contributed by atoms with Crippen molar-refractivity contribution in [2.75, 3.05) is 45.1 Å². The van der Waals surface area contributed by atoms with Crippen molar-refractivity contribution in [2.24, 2.45) is 0 Å². The first-order valence-corrected chi connectivity index (χ1v) is 7.22. The van der Waals surface area contributed by atoms with Crippen molar-refractivity contribution in [1.82, 2.24) is 9.80 Å². The van der Waals surface area contributed by atoms with Crippen molar-refractivity contribution < 1.29 is 18.0 Å². The normalized spacial score (nSPS) is 16.7. The third kappa shape index (κ3) is 4.27. The lowest BCUT2D eigenvalue weighted by Crippen LogP contribution is -2.48. The summed E-state index contributed by atoms with van der Waals surface area (Å²) in [4.78, 5) is 15.8. The largest absolute Gasteiger partial charge is 0.418 e. The molecule has 1 aromatic rings. The van der Waals surface area contributed by atoms with Crippen molar-refractivity contribution in [2.45, 2.75) is 6.18 Å². The number of carbonyl (C=O) groups is 1. The van der Waals surface area contributed by atoms with E-state index < -0.39 is 11.7 Å². The molecule has 0 atom stereocenters. The van der Waals surface area contributed by atoms with E-state index in [2.05, 4.69) is 10.2 Å². The molecule has 0 aromatic heterocycles. The monoisotopic (exact) mass is 335 g/mol. The lowest BCUT2D eigenvalue weighted by atomic mass is 10.1. The molecule has 1 amide bonds. The first kappa shape index (κ1) is 16.9. The molecule has 1 N–H and O–H groups in total. The molecule has 0 aliphatic carbocycles. The Balaban J connectivity index is 2.01. The van der Waals surface area contributed by atoms with Crippen LogP contribution < -0.4 is 5.32 Å².